The minimum absolute atomic E-state index is 0.0409. The molecule has 5 heteroatoms. The van der Waals surface area contributed by atoms with E-state index in [1.165, 1.54) is 0 Å². The second kappa shape index (κ2) is 5.48. The number of carbonyl (C=O) groups excluding carboxylic acids is 1. The van der Waals surface area contributed by atoms with Crippen LogP contribution in [-0.2, 0) is 16.0 Å². The summed E-state index contributed by atoms with van der Waals surface area (Å²) in [5.41, 5.74) is 1.42. The lowest BCUT2D eigenvalue weighted by Crippen LogP contribution is -2.34. The third-order valence-corrected chi connectivity index (χ3v) is 4.59. The predicted octanol–water partition coefficient (Wildman–Crippen LogP) is 2.42. The molecule has 0 aliphatic carbocycles. The maximum atomic E-state index is 12.3. The van der Waals surface area contributed by atoms with E-state index in [-0.39, 0.29) is 5.91 Å². The van der Waals surface area contributed by atoms with Gasteiger partial charge in [-0.3, -0.25) is 9.59 Å². The number of benzene rings is 1. The molecule has 0 spiro atoms. The Balaban J connectivity index is 1.59. The van der Waals surface area contributed by atoms with Gasteiger partial charge >= 0.3 is 5.97 Å². The Hall–Kier alpha value is -2.30. The number of H-pyrrole nitrogens is 1. The van der Waals surface area contributed by atoms with Crippen molar-refractivity contribution in [2.75, 3.05) is 13.1 Å². The molecule has 22 heavy (non-hydrogen) atoms. The van der Waals surface area contributed by atoms with Crippen molar-refractivity contribution in [3.63, 3.8) is 0 Å². The maximum absolute atomic E-state index is 12.3. The summed E-state index contributed by atoms with van der Waals surface area (Å²) in [5, 5.41) is 10.4. The lowest BCUT2D eigenvalue weighted by Gasteiger charge is -2.20. The highest BCUT2D eigenvalue weighted by Gasteiger charge is 2.41. The average molecular weight is 300 g/mol. The Kier molecular flexibility index (Phi) is 3.64. The summed E-state index contributed by atoms with van der Waals surface area (Å²) < 4.78 is 0. The van der Waals surface area contributed by atoms with E-state index in [0.717, 1.165) is 16.5 Å². The molecule has 1 aliphatic rings. The van der Waals surface area contributed by atoms with Crippen molar-refractivity contribution in [1.82, 2.24) is 9.88 Å². The molecule has 1 fully saturated rings. The number of hydrogen-bond acceptors (Lipinski definition) is 2. The molecule has 0 bridgehead atoms. The van der Waals surface area contributed by atoms with Gasteiger partial charge in [0.15, 0.2) is 0 Å². The molecule has 0 unspecified atom stereocenters. The molecule has 2 N–H and O–H groups in total. The lowest BCUT2D eigenvalue weighted by molar-refractivity contribution is -0.147. The van der Waals surface area contributed by atoms with Gasteiger partial charge in [-0.05, 0) is 48.9 Å². The number of aromatic nitrogens is 1. The van der Waals surface area contributed by atoms with Crippen molar-refractivity contribution < 1.29 is 14.7 Å². The number of nitrogens with zero attached hydrogens (tertiary/aromatic N) is 1. The molecule has 0 saturated carbocycles. The summed E-state index contributed by atoms with van der Waals surface area (Å²) in [6.45, 7) is 2.57. The first-order chi connectivity index (χ1) is 10.5. The number of fused-ring (bicyclic) bond motifs is 1. The van der Waals surface area contributed by atoms with E-state index in [9.17, 15) is 14.7 Å². The van der Waals surface area contributed by atoms with Crippen molar-refractivity contribution in [3.05, 3.63) is 36.0 Å². The van der Waals surface area contributed by atoms with Gasteiger partial charge in [0, 0.05) is 31.2 Å². The summed E-state index contributed by atoms with van der Waals surface area (Å²) in [4.78, 5) is 28.3. The number of hydrogen-bond donors (Lipinski definition) is 2. The number of rotatable bonds is 4. The van der Waals surface area contributed by atoms with Crippen LogP contribution in [0.5, 0.6) is 0 Å². The molecule has 1 aromatic carbocycles. The first kappa shape index (κ1) is 14.6. The number of aliphatic carboxylic acids is 1. The number of likely N-dealkylation sites (tertiary alicyclic amines) is 1. The third-order valence-electron chi connectivity index (χ3n) is 4.59. The standard InChI is InChI=1S/C17H20N2O3/c1-17(16(21)22)7-9-19(11-17)15(20)5-3-12-2-4-14-13(10-12)6-8-18-14/h2,4,6,8,10,18H,3,5,7,9,11H2,1H3,(H,21,22)/t17-/m0/s1. The molecule has 2 aromatic rings. The van der Waals surface area contributed by atoms with Gasteiger partial charge in [0.2, 0.25) is 5.91 Å². The number of carboxylic acid groups (broad SMARTS) is 1. The van der Waals surface area contributed by atoms with E-state index in [0.29, 0.717) is 32.4 Å². The Morgan fingerprint density at radius 3 is 2.91 bits per heavy atom. The van der Waals surface area contributed by atoms with Crippen LogP contribution in [0.1, 0.15) is 25.3 Å². The monoisotopic (exact) mass is 300 g/mol. The molecule has 1 aliphatic heterocycles. The molecule has 1 saturated heterocycles. The zero-order valence-corrected chi connectivity index (χ0v) is 12.6. The highest BCUT2D eigenvalue weighted by molar-refractivity contribution is 5.82. The molecule has 1 aromatic heterocycles. The maximum Gasteiger partial charge on any atom is 0.311 e. The SMILES string of the molecule is C[C@]1(C(=O)O)CCN(C(=O)CCc2ccc3[nH]ccc3c2)C1. The van der Waals surface area contributed by atoms with Crippen LogP contribution in [0.4, 0.5) is 0 Å². The highest BCUT2D eigenvalue weighted by Crippen LogP contribution is 2.30. The fourth-order valence-corrected chi connectivity index (χ4v) is 3.02. The third kappa shape index (κ3) is 2.71. The van der Waals surface area contributed by atoms with E-state index < -0.39 is 11.4 Å². The molecular weight excluding hydrogens is 280 g/mol. The van der Waals surface area contributed by atoms with Crippen LogP contribution in [-0.4, -0.2) is 40.0 Å². The topological polar surface area (TPSA) is 73.4 Å². The van der Waals surface area contributed by atoms with Crippen molar-refractivity contribution in [3.8, 4) is 0 Å². The van der Waals surface area contributed by atoms with E-state index in [4.69, 9.17) is 0 Å². The summed E-state index contributed by atoms with van der Waals surface area (Å²) in [5.74, 6) is -0.778. The second-order valence-corrected chi connectivity index (χ2v) is 6.33. The van der Waals surface area contributed by atoms with Crippen LogP contribution >= 0.6 is 0 Å². The lowest BCUT2D eigenvalue weighted by atomic mass is 9.90. The van der Waals surface area contributed by atoms with E-state index >= 15 is 0 Å². The van der Waals surface area contributed by atoms with Gasteiger partial charge in [0.05, 0.1) is 5.41 Å². The van der Waals surface area contributed by atoms with E-state index in [1.807, 2.05) is 24.4 Å². The first-order valence-electron chi connectivity index (χ1n) is 7.55. The zero-order valence-electron chi connectivity index (χ0n) is 12.6. The summed E-state index contributed by atoms with van der Waals surface area (Å²) >= 11 is 0. The van der Waals surface area contributed by atoms with Crippen LogP contribution in [0.2, 0.25) is 0 Å². The van der Waals surface area contributed by atoms with Gasteiger partial charge in [0.1, 0.15) is 0 Å². The van der Waals surface area contributed by atoms with E-state index in [1.54, 1.807) is 11.8 Å². The normalized spacial score (nSPS) is 21.4. The van der Waals surface area contributed by atoms with Crippen molar-refractivity contribution in [2.24, 2.45) is 5.41 Å². The van der Waals surface area contributed by atoms with Gasteiger partial charge in [-0.2, -0.15) is 0 Å². The summed E-state index contributed by atoms with van der Waals surface area (Å²) in [6, 6.07) is 8.15. The highest BCUT2D eigenvalue weighted by atomic mass is 16.4. The molecule has 5 nitrogen and oxygen atoms in total. The largest absolute Gasteiger partial charge is 0.481 e. The Morgan fingerprint density at radius 1 is 1.36 bits per heavy atom. The summed E-state index contributed by atoms with van der Waals surface area (Å²) in [6.07, 6.45) is 3.53. The van der Waals surface area contributed by atoms with Gasteiger partial charge in [-0.25, -0.2) is 0 Å². The van der Waals surface area contributed by atoms with Crippen LogP contribution < -0.4 is 0 Å². The Morgan fingerprint density at radius 2 is 2.18 bits per heavy atom. The second-order valence-electron chi connectivity index (χ2n) is 6.33. The summed E-state index contributed by atoms with van der Waals surface area (Å²) in [7, 11) is 0. The zero-order chi connectivity index (χ0) is 15.7. The number of carboxylic acids is 1. The van der Waals surface area contributed by atoms with Crippen molar-refractivity contribution >= 4 is 22.8 Å². The number of carbonyl (C=O) groups is 2. The van der Waals surface area contributed by atoms with Gasteiger partial charge in [-0.15, -0.1) is 0 Å². The number of nitrogens with one attached hydrogen (secondary N) is 1. The molecule has 2 heterocycles. The van der Waals surface area contributed by atoms with Crippen molar-refractivity contribution in [1.29, 1.82) is 0 Å². The molecule has 0 radical (unpaired) electrons. The molecule has 1 amide bonds. The number of amides is 1. The van der Waals surface area contributed by atoms with E-state index in [2.05, 4.69) is 11.1 Å². The number of aromatic amines is 1. The average Bonchev–Trinajstić information content (AvgIpc) is 3.11. The smallest absolute Gasteiger partial charge is 0.311 e. The fraction of sp³-hybridized carbons (Fsp3) is 0.412. The van der Waals surface area contributed by atoms with Crippen LogP contribution in [0.25, 0.3) is 10.9 Å². The van der Waals surface area contributed by atoms with Crippen LogP contribution in [0.3, 0.4) is 0 Å². The van der Waals surface area contributed by atoms with Gasteiger partial charge < -0.3 is 15.0 Å². The predicted molar refractivity (Wildman–Crippen MR) is 83.6 cm³/mol. The van der Waals surface area contributed by atoms with Gasteiger partial charge in [-0.1, -0.05) is 6.07 Å². The van der Waals surface area contributed by atoms with Crippen LogP contribution in [0, 0.1) is 5.41 Å². The van der Waals surface area contributed by atoms with Crippen LogP contribution in [0.15, 0.2) is 30.5 Å². The molecule has 3 rings (SSSR count). The minimum Gasteiger partial charge on any atom is -0.481 e. The molecule has 1 atom stereocenters. The minimum atomic E-state index is -0.819. The molecule has 116 valence electrons. The quantitative estimate of drug-likeness (QED) is 0.910. The van der Waals surface area contributed by atoms with Crippen molar-refractivity contribution in [2.45, 2.75) is 26.2 Å². The molecular formula is C17H20N2O3. The Labute approximate surface area is 128 Å². The number of aryl methyl sites for hydroxylation is 1. The Bertz CT molecular complexity index is 722. The first-order valence-corrected chi connectivity index (χ1v) is 7.55. The van der Waals surface area contributed by atoms with Gasteiger partial charge in [0.25, 0.3) is 0 Å². The fourth-order valence-electron chi connectivity index (χ4n) is 3.02.